The third-order valence-corrected chi connectivity index (χ3v) is 8.15. The van der Waals surface area contributed by atoms with Crippen molar-refractivity contribution in [3.05, 3.63) is 108 Å². The van der Waals surface area contributed by atoms with Crippen LogP contribution in [0.2, 0.25) is 0 Å². The van der Waals surface area contributed by atoms with Crippen LogP contribution in [0.15, 0.2) is 91.4 Å². The van der Waals surface area contributed by atoms with Crippen LogP contribution in [0.5, 0.6) is 0 Å². The Morgan fingerprint density at radius 3 is 1.51 bits per heavy atom. The summed E-state index contributed by atoms with van der Waals surface area (Å²) in [5.74, 6) is -1.62. The first kappa shape index (κ1) is 28.4. The molecule has 3 aromatic heterocycles. The fourth-order valence-corrected chi connectivity index (χ4v) is 5.97. The fraction of sp³-hybridized carbons (Fsp3) is 0.229. The highest BCUT2D eigenvalue weighted by Crippen LogP contribution is 2.27. The van der Waals surface area contributed by atoms with Gasteiger partial charge in [0.05, 0.1) is 25.9 Å². The summed E-state index contributed by atoms with van der Waals surface area (Å²) in [7, 11) is 0. The molecule has 1 aliphatic heterocycles. The molecule has 1 aliphatic rings. The van der Waals surface area contributed by atoms with E-state index in [0.717, 1.165) is 49.4 Å². The maximum absolute atomic E-state index is 13.3. The Morgan fingerprint density at radius 2 is 1.02 bits per heavy atom. The predicted molar refractivity (Wildman–Crippen MR) is 166 cm³/mol. The van der Waals surface area contributed by atoms with E-state index >= 15 is 0 Å². The molecule has 0 unspecified atom stereocenters. The van der Waals surface area contributed by atoms with E-state index in [9.17, 15) is 14.4 Å². The van der Waals surface area contributed by atoms with E-state index in [1.54, 1.807) is 18.6 Å². The van der Waals surface area contributed by atoms with Crippen molar-refractivity contribution >= 4 is 50.6 Å². The van der Waals surface area contributed by atoms with Crippen molar-refractivity contribution in [2.24, 2.45) is 0 Å². The van der Waals surface area contributed by atoms with Crippen LogP contribution in [0.3, 0.4) is 0 Å². The highest BCUT2D eigenvalue weighted by atomic mass is 16.7. The molecule has 7 rings (SSSR count). The van der Waals surface area contributed by atoms with E-state index in [1.807, 2.05) is 72.8 Å². The highest BCUT2D eigenvalue weighted by molar-refractivity contribution is 5.89. The Hall–Kier alpha value is -5.35. The van der Waals surface area contributed by atoms with Crippen LogP contribution in [0.25, 0.3) is 32.7 Å². The van der Waals surface area contributed by atoms with Crippen molar-refractivity contribution in [1.29, 1.82) is 0 Å². The number of hydrogen-bond donors (Lipinski definition) is 3. The van der Waals surface area contributed by atoms with Gasteiger partial charge in [-0.1, -0.05) is 54.6 Å². The van der Waals surface area contributed by atoms with Crippen molar-refractivity contribution in [2.75, 3.05) is 6.61 Å². The molecule has 10 heteroatoms. The average Bonchev–Trinajstić information content (AvgIpc) is 3.76. The lowest BCUT2D eigenvalue weighted by Gasteiger charge is -2.36. The van der Waals surface area contributed by atoms with E-state index in [0.29, 0.717) is 0 Å². The molecular weight excluding hydrogens is 574 g/mol. The molecule has 1 fully saturated rings. The maximum atomic E-state index is 13.3. The normalized spacial score (nSPS) is 18.3. The number of carbonyl (C=O) groups excluding carboxylic acids is 3. The number of nitrogens with one attached hydrogen (secondary N) is 3. The summed E-state index contributed by atoms with van der Waals surface area (Å²) in [5, 5.41) is 2.73. The van der Waals surface area contributed by atoms with Gasteiger partial charge < -0.3 is 33.9 Å². The number of benzene rings is 3. The lowest BCUT2D eigenvalue weighted by molar-refractivity contribution is -0.250. The van der Waals surface area contributed by atoms with Gasteiger partial charge in [-0.2, -0.15) is 0 Å². The number of esters is 3. The van der Waals surface area contributed by atoms with Crippen LogP contribution in [-0.4, -0.2) is 58.0 Å². The number of H-pyrrole nitrogens is 3. The fourth-order valence-electron chi connectivity index (χ4n) is 5.97. The largest absolute Gasteiger partial charge is 0.458 e. The number of ether oxygens (including phenoxy) is 4. The minimum absolute atomic E-state index is 0.0163. The SMILES string of the molecule is O=C(Cc1c[nH]c2ccccc12)O[C@@H]1OCC[C@@H](OC(=O)Cc2c[nH]c3ccccc23)[C@H]1OC(=O)Cc1c[nH]c2ccccc12. The molecular formula is C35H31N3O7. The highest BCUT2D eigenvalue weighted by Gasteiger charge is 2.42. The molecule has 6 aromatic rings. The molecule has 1 saturated heterocycles. The molecule has 0 amide bonds. The van der Waals surface area contributed by atoms with Crippen LogP contribution in [0, 0.1) is 0 Å². The second kappa shape index (κ2) is 12.3. The molecule has 4 heterocycles. The van der Waals surface area contributed by atoms with Crippen molar-refractivity contribution in [2.45, 2.75) is 44.2 Å². The quantitative estimate of drug-likeness (QED) is 0.151. The van der Waals surface area contributed by atoms with Crippen molar-refractivity contribution in [3.8, 4) is 0 Å². The summed E-state index contributed by atoms with van der Waals surface area (Å²) in [6, 6.07) is 23.0. The summed E-state index contributed by atoms with van der Waals surface area (Å²) in [4.78, 5) is 49.1. The molecule has 0 bridgehead atoms. The number of rotatable bonds is 9. The van der Waals surface area contributed by atoms with E-state index in [4.69, 9.17) is 18.9 Å². The van der Waals surface area contributed by atoms with Gasteiger partial charge in [0, 0.05) is 57.7 Å². The zero-order valence-corrected chi connectivity index (χ0v) is 24.3. The zero-order chi connectivity index (χ0) is 30.8. The topological polar surface area (TPSA) is 136 Å². The third-order valence-electron chi connectivity index (χ3n) is 8.15. The number of carbonyl (C=O) groups is 3. The Kier molecular flexibility index (Phi) is 7.79. The summed E-state index contributed by atoms with van der Waals surface area (Å²) < 4.78 is 23.4. The molecule has 0 radical (unpaired) electrons. The predicted octanol–water partition coefficient (Wildman–Crippen LogP) is 5.27. The average molecular weight is 606 g/mol. The van der Waals surface area contributed by atoms with Gasteiger partial charge in [-0.05, 0) is 34.9 Å². The van der Waals surface area contributed by atoms with Crippen LogP contribution < -0.4 is 0 Å². The van der Waals surface area contributed by atoms with Gasteiger partial charge >= 0.3 is 17.9 Å². The molecule has 3 N–H and O–H groups in total. The lowest BCUT2D eigenvalue weighted by atomic mass is 10.1. The Morgan fingerprint density at radius 1 is 0.600 bits per heavy atom. The number of hydrogen-bond acceptors (Lipinski definition) is 7. The number of para-hydroxylation sites is 3. The third kappa shape index (κ3) is 6.05. The standard InChI is InChI=1S/C35H31N3O7/c39-31(15-21-18-36-27-10-4-1-7-24(21)27)43-30-13-14-42-35(45-33(41)17-23-20-38-29-12-6-3-9-26(23)29)34(30)44-32(40)16-22-19-37-28-11-5-2-8-25(22)28/h1-12,18-20,30,34-38H,13-17H2/t30-,34-,35+/m1/s1. The van der Waals surface area contributed by atoms with E-state index in [-0.39, 0.29) is 32.3 Å². The number of aromatic nitrogens is 3. The molecule has 10 nitrogen and oxygen atoms in total. The summed E-state index contributed by atoms with van der Waals surface area (Å²) in [6.07, 6.45) is 2.24. The van der Waals surface area contributed by atoms with Gasteiger partial charge in [-0.25, -0.2) is 0 Å². The monoisotopic (exact) mass is 605 g/mol. The first-order valence-corrected chi connectivity index (χ1v) is 14.9. The molecule has 3 aromatic carbocycles. The number of fused-ring (bicyclic) bond motifs is 3. The van der Waals surface area contributed by atoms with E-state index < -0.39 is 36.4 Å². The van der Waals surface area contributed by atoms with Gasteiger partial charge in [0.25, 0.3) is 0 Å². The van der Waals surface area contributed by atoms with Gasteiger partial charge in [0.15, 0.2) is 0 Å². The second-order valence-corrected chi connectivity index (χ2v) is 11.1. The van der Waals surface area contributed by atoms with E-state index in [1.165, 1.54) is 0 Å². The molecule has 228 valence electrons. The van der Waals surface area contributed by atoms with Crippen molar-refractivity contribution in [3.63, 3.8) is 0 Å². The molecule has 45 heavy (non-hydrogen) atoms. The van der Waals surface area contributed by atoms with E-state index in [2.05, 4.69) is 15.0 Å². The minimum atomic E-state index is -1.26. The smallest absolute Gasteiger partial charge is 0.312 e. The molecule has 0 saturated carbocycles. The first-order valence-electron chi connectivity index (χ1n) is 14.9. The van der Waals surface area contributed by atoms with Gasteiger partial charge in [-0.3, -0.25) is 14.4 Å². The van der Waals surface area contributed by atoms with Gasteiger partial charge in [0.2, 0.25) is 12.4 Å². The molecule has 0 spiro atoms. The zero-order valence-electron chi connectivity index (χ0n) is 24.3. The molecule has 3 atom stereocenters. The van der Waals surface area contributed by atoms with Crippen molar-refractivity contribution in [1.82, 2.24) is 15.0 Å². The van der Waals surface area contributed by atoms with Crippen LogP contribution in [0.4, 0.5) is 0 Å². The molecule has 0 aliphatic carbocycles. The van der Waals surface area contributed by atoms with Crippen molar-refractivity contribution < 1.29 is 33.3 Å². The van der Waals surface area contributed by atoms with Crippen LogP contribution >= 0.6 is 0 Å². The first-order chi connectivity index (χ1) is 22.0. The van der Waals surface area contributed by atoms with Crippen LogP contribution in [-0.2, 0) is 52.6 Å². The van der Waals surface area contributed by atoms with Gasteiger partial charge in [0.1, 0.15) is 6.10 Å². The Bertz CT molecular complexity index is 1910. The lowest BCUT2D eigenvalue weighted by Crippen LogP contribution is -2.51. The summed E-state index contributed by atoms with van der Waals surface area (Å²) in [5.41, 5.74) is 5.03. The van der Waals surface area contributed by atoms with Crippen LogP contribution in [0.1, 0.15) is 23.1 Å². The van der Waals surface area contributed by atoms with Gasteiger partial charge in [-0.15, -0.1) is 0 Å². The Balaban J connectivity index is 1.09. The minimum Gasteiger partial charge on any atom is -0.458 e. The Labute approximate surface area is 257 Å². The second-order valence-electron chi connectivity index (χ2n) is 11.1. The maximum Gasteiger partial charge on any atom is 0.312 e. The summed E-state index contributed by atoms with van der Waals surface area (Å²) >= 11 is 0. The number of aromatic amines is 3. The summed E-state index contributed by atoms with van der Waals surface area (Å²) in [6.45, 7) is 0.145.